The van der Waals surface area contributed by atoms with Crippen molar-refractivity contribution in [2.75, 3.05) is 6.54 Å². The number of esters is 1. The Balaban J connectivity index is 1.93. The highest BCUT2D eigenvalue weighted by atomic mass is 16.5. The molecule has 7 nitrogen and oxygen atoms in total. The maximum absolute atomic E-state index is 12.0. The van der Waals surface area contributed by atoms with Crippen LogP contribution in [0.15, 0.2) is 28.8 Å². The summed E-state index contributed by atoms with van der Waals surface area (Å²) in [5.74, 6) is 0.441. The van der Waals surface area contributed by atoms with E-state index in [2.05, 4.69) is 10.5 Å². The van der Waals surface area contributed by atoms with Crippen LogP contribution < -0.4 is 10.1 Å². The summed E-state index contributed by atoms with van der Waals surface area (Å²) in [6.07, 6.45) is -0.845. The van der Waals surface area contributed by atoms with E-state index in [-0.39, 0.29) is 5.91 Å². The molecule has 7 heteroatoms. The van der Waals surface area contributed by atoms with Crippen LogP contribution in [-0.2, 0) is 16.1 Å². The maximum Gasteiger partial charge on any atom is 0.338 e. The van der Waals surface area contributed by atoms with E-state index in [1.54, 1.807) is 31.2 Å². The van der Waals surface area contributed by atoms with Crippen molar-refractivity contribution in [1.29, 1.82) is 0 Å². The summed E-state index contributed by atoms with van der Waals surface area (Å²) >= 11 is 0. The van der Waals surface area contributed by atoms with Gasteiger partial charge in [-0.2, -0.15) is 0 Å². The first kappa shape index (κ1) is 18.5. The minimum Gasteiger partial charge on any atom is -0.489 e. The molecule has 2 aromatic rings. The highest BCUT2D eigenvalue weighted by Gasteiger charge is 2.18. The van der Waals surface area contributed by atoms with Gasteiger partial charge in [-0.25, -0.2) is 4.79 Å². The lowest BCUT2D eigenvalue weighted by molar-refractivity contribution is -0.128. The number of hydrogen-bond acceptors (Lipinski definition) is 6. The summed E-state index contributed by atoms with van der Waals surface area (Å²) in [5.41, 5.74) is 2.04. The van der Waals surface area contributed by atoms with Gasteiger partial charge >= 0.3 is 5.97 Å². The first-order chi connectivity index (χ1) is 11.9. The Labute approximate surface area is 146 Å². The van der Waals surface area contributed by atoms with Crippen LogP contribution in [0, 0.1) is 13.8 Å². The summed E-state index contributed by atoms with van der Waals surface area (Å²) in [5, 5.41) is 6.47. The lowest BCUT2D eigenvalue weighted by Crippen LogP contribution is -2.35. The van der Waals surface area contributed by atoms with Gasteiger partial charge in [-0.3, -0.25) is 4.79 Å². The molecule has 2 rings (SSSR count). The summed E-state index contributed by atoms with van der Waals surface area (Å²) in [4.78, 5) is 23.6. The van der Waals surface area contributed by atoms with Gasteiger partial charge in [-0.05, 0) is 52.0 Å². The van der Waals surface area contributed by atoms with E-state index in [1.165, 1.54) is 6.92 Å². The van der Waals surface area contributed by atoms with Gasteiger partial charge in [-0.15, -0.1) is 0 Å². The van der Waals surface area contributed by atoms with E-state index in [0.29, 0.717) is 24.5 Å². The maximum atomic E-state index is 12.0. The van der Waals surface area contributed by atoms with Gasteiger partial charge in [0, 0.05) is 6.54 Å². The van der Waals surface area contributed by atoms with Gasteiger partial charge in [0.15, 0.2) is 6.10 Å². The van der Waals surface area contributed by atoms with Gasteiger partial charge in [-0.1, -0.05) is 5.16 Å². The molecular weight excluding hydrogens is 324 g/mol. The summed E-state index contributed by atoms with van der Waals surface area (Å²) in [6, 6.07) is 6.53. The Morgan fingerprint density at radius 1 is 1.24 bits per heavy atom. The summed E-state index contributed by atoms with van der Waals surface area (Å²) in [6.45, 7) is 7.83. The molecule has 0 fully saturated rings. The third-order valence-corrected chi connectivity index (χ3v) is 3.66. The molecule has 1 aromatic carbocycles. The molecular formula is C18H22N2O5. The molecule has 0 spiro atoms. The van der Waals surface area contributed by atoms with Crippen LogP contribution in [0.4, 0.5) is 0 Å². The molecule has 1 amide bonds. The van der Waals surface area contributed by atoms with Crippen molar-refractivity contribution in [1.82, 2.24) is 10.5 Å². The van der Waals surface area contributed by atoms with Crippen molar-refractivity contribution in [3.8, 4) is 5.75 Å². The van der Waals surface area contributed by atoms with E-state index in [4.69, 9.17) is 14.0 Å². The molecule has 134 valence electrons. The summed E-state index contributed by atoms with van der Waals surface area (Å²) in [7, 11) is 0. The molecule has 1 heterocycles. The summed E-state index contributed by atoms with van der Waals surface area (Å²) < 4.78 is 15.9. The number of hydrogen-bond donors (Lipinski definition) is 1. The zero-order chi connectivity index (χ0) is 18.4. The number of aromatic nitrogens is 1. The molecule has 0 bridgehead atoms. The van der Waals surface area contributed by atoms with Crippen molar-refractivity contribution in [3.63, 3.8) is 0 Å². The number of likely N-dealkylation sites (N-methyl/N-ethyl adjacent to an activating group) is 1. The molecule has 1 atom stereocenters. The van der Waals surface area contributed by atoms with Gasteiger partial charge in [0.05, 0.1) is 16.8 Å². The quantitative estimate of drug-likeness (QED) is 0.775. The Kier molecular flexibility index (Phi) is 6.16. The zero-order valence-corrected chi connectivity index (χ0v) is 14.8. The van der Waals surface area contributed by atoms with Crippen molar-refractivity contribution in [3.05, 3.63) is 46.8 Å². The lowest BCUT2D eigenvalue weighted by atomic mass is 10.2. The molecule has 0 saturated heterocycles. The molecule has 0 saturated carbocycles. The Morgan fingerprint density at radius 3 is 2.48 bits per heavy atom. The highest BCUT2D eigenvalue weighted by Crippen LogP contribution is 2.18. The van der Waals surface area contributed by atoms with Gasteiger partial charge in [0.2, 0.25) is 0 Å². The van der Waals surface area contributed by atoms with E-state index in [9.17, 15) is 9.59 Å². The Bertz CT molecular complexity index is 717. The largest absolute Gasteiger partial charge is 0.489 e. The van der Waals surface area contributed by atoms with E-state index in [0.717, 1.165) is 17.0 Å². The number of rotatable bonds is 7. The minimum atomic E-state index is -0.845. The van der Waals surface area contributed by atoms with Crippen LogP contribution in [0.2, 0.25) is 0 Å². The SMILES string of the molecule is CCNC(=O)[C@H](C)OC(=O)c1ccc(OCc2c(C)noc2C)cc1. The number of nitrogens with one attached hydrogen (secondary N) is 1. The Hall–Kier alpha value is -2.83. The molecule has 0 unspecified atom stereocenters. The third kappa shape index (κ3) is 4.82. The molecule has 1 aromatic heterocycles. The van der Waals surface area contributed by atoms with E-state index in [1.807, 2.05) is 13.8 Å². The zero-order valence-electron chi connectivity index (χ0n) is 14.8. The highest BCUT2D eigenvalue weighted by molar-refractivity contribution is 5.92. The second-order valence-corrected chi connectivity index (χ2v) is 5.56. The van der Waals surface area contributed by atoms with Gasteiger partial charge in [0.1, 0.15) is 18.1 Å². The van der Waals surface area contributed by atoms with E-state index < -0.39 is 12.1 Å². The molecule has 0 radical (unpaired) electrons. The van der Waals surface area contributed by atoms with Crippen molar-refractivity contribution < 1.29 is 23.6 Å². The smallest absolute Gasteiger partial charge is 0.338 e. The van der Waals surface area contributed by atoms with E-state index >= 15 is 0 Å². The first-order valence-electron chi connectivity index (χ1n) is 8.05. The molecule has 0 aliphatic heterocycles. The number of ether oxygens (including phenoxy) is 2. The van der Waals surface area contributed by atoms with Crippen LogP contribution in [0.25, 0.3) is 0 Å². The second-order valence-electron chi connectivity index (χ2n) is 5.56. The number of benzene rings is 1. The van der Waals surface area contributed by atoms with Crippen LogP contribution in [0.3, 0.4) is 0 Å². The predicted octanol–water partition coefficient (Wildman–Crippen LogP) is 2.55. The average Bonchev–Trinajstić information content (AvgIpc) is 2.91. The van der Waals surface area contributed by atoms with Gasteiger partial charge < -0.3 is 19.3 Å². The Morgan fingerprint density at radius 2 is 1.92 bits per heavy atom. The molecule has 25 heavy (non-hydrogen) atoms. The normalized spacial score (nSPS) is 11.7. The standard InChI is InChI=1S/C18H22N2O5/c1-5-19-17(21)13(4)24-18(22)14-6-8-15(9-7-14)23-10-16-11(2)20-25-12(16)3/h6-9,13H,5,10H2,1-4H3,(H,19,21)/t13-/m0/s1. The van der Waals surface area contributed by atoms with Crippen LogP contribution in [-0.4, -0.2) is 29.7 Å². The fourth-order valence-corrected chi connectivity index (χ4v) is 2.15. The molecule has 1 N–H and O–H groups in total. The second kappa shape index (κ2) is 8.32. The average molecular weight is 346 g/mol. The van der Waals surface area contributed by atoms with Crippen molar-refractivity contribution in [2.24, 2.45) is 0 Å². The third-order valence-electron chi connectivity index (χ3n) is 3.66. The number of aryl methyl sites for hydroxylation is 2. The van der Waals surface area contributed by atoms with Crippen LogP contribution in [0.1, 0.15) is 41.2 Å². The van der Waals surface area contributed by atoms with Crippen LogP contribution in [0.5, 0.6) is 5.75 Å². The fraction of sp³-hybridized carbons (Fsp3) is 0.389. The van der Waals surface area contributed by atoms with Gasteiger partial charge in [0.25, 0.3) is 5.91 Å². The number of carbonyl (C=O) groups is 2. The fourth-order valence-electron chi connectivity index (χ4n) is 2.15. The van der Waals surface area contributed by atoms with Crippen LogP contribution >= 0.6 is 0 Å². The molecule has 0 aliphatic carbocycles. The first-order valence-corrected chi connectivity index (χ1v) is 8.05. The topological polar surface area (TPSA) is 90.7 Å². The predicted molar refractivity (Wildman–Crippen MR) is 90.3 cm³/mol. The number of amides is 1. The monoisotopic (exact) mass is 346 g/mol. The minimum absolute atomic E-state index is 0.324. The molecule has 0 aliphatic rings. The van der Waals surface area contributed by atoms with Crippen molar-refractivity contribution in [2.45, 2.75) is 40.4 Å². The lowest BCUT2D eigenvalue weighted by Gasteiger charge is -2.13. The van der Waals surface area contributed by atoms with Crippen molar-refractivity contribution >= 4 is 11.9 Å². The number of nitrogens with zero attached hydrogens (tertiary/aromatic N) is 1. The number of carbonyl (C=O) groups excluding carboxylic acids is 2.